The molecule has 2 aromatic heterocycles. The number of carbonyl (C=O) groups excluding carboxylic acids is 1. The van der Waals surface area contributed by atoms with E-state index in [1.54, 1.807) is 24.4 Å². The average Bonchev–Trinajstić information content (AvgIpc) is 2.65. The van der Waals surface area contributed by atoms with Gasteiger partial charge in [0.05, 0.1) is 16.3 Å². The van der Waals surface area contributed by atoms with Crippen molar-refractivity contribution in [3.8, 4) is 0 Å². The first kappa shape index (κ1) is 20.3. The number of hydrogen-bond acceptors (Lipinski definition) is 4. The number of halogens is 2. The van der Waals surface area contributed by atoms with Crippen LogP contribution in [-0.4, -0.2) is 20.0 Å². The number of nitrogens with one attached hydrogen (secondary N) is 1. The van der Waals surface area contributed by atoms with Gasteiger partial charge in [0.2, 0.25) is 0 Å². The molecule has 0 unspecified atom stereocenters. The Labute approximate surface area is 174 Å². The molecule has 0 bridgehead atoms. The minimum atomic E-state index is -0.524. The molecular formula is C19H18BrClN4O3. The summed E-state index contributed by atoms with van der Waals surface area (Å²) in [5.74, 6) is -0.483. The maximum Gasteiger partial charge on any atom is 0.332 e. The zero-order valence-corrected chi connectivity index (χ0v) is 18.1. The second-order valence-electron chi connectivity index (χ2n) is 6.73. The third-order valence-electron chi connectivity index (χ3n) is 4.53. The highest BCUT2D eigenvalue weighted by Gasteiger charge is 2.21. The molecule has 3 rings (SSSR count). The van der Waals surface area contributed by atoms with Crippen molar-refractivity contribution < 1.29 is 4.79 Å². The molecule has 0 fully saturated rings. The van der Waals surface area contributed by atoms with Gasteiger partial charge in [-0.25, -0.2) is 9.78 Å². The van der Waals surface area contributed by atoms with E-state index in [-0.39, 0.29) is 27.5 Å². The van der Waals surface area contributed by atoms with Gasteiger partial charge in [0, 0.05) is 24.8 Å². The van der Waals surface area contributed by atoms with Gasteiger partial charge in [-0.2, -0.15) is 0 Å². The molecule has 9 heteroatoms. The molecule has 0 aliphatic rings. The fourth-order valence-corrected chi connectivity index (χ4v) is 3.53. The van der Waals surface area contributed by atoms with Gasteiger partial charge in [0.1, 0.15) is 5.39 Å². The molecule has 1 aromatic carbocycles. The van der Waals surface area contributed by atoms with Crippen molar-refractivity contribution in [3.63, 3.8) is 0 Å². The molecule has 0 aliphatic carbocycles. The van der Waals surface area contributed by atoms with E-state index < -0.39 is 17.2 Å². The lowest BCUT2D eigenvalue weighted by Crippen LogP contribution is -2.38. The number of pyridine rings is 1. The van der Waals surface area contributed by atoms with Crippen molar-refractivity contribution >= 4 is 50.2 Å². The maximum absolute atomic E-state index is 12.9. The Bertz CT molecular complexity index is 1230. The van der Waals surface area contributed by atoms with Crippen LogP contribution in [0.1, 0.15) is 35.7 Å². The van der Waals surface area contributed by atoms with Crippen molar-refractivity contribution in [2.24, 2.45) is 14.1 Å². The molecule has 1 amide bonds. The third kappa shape index (κ3) is 3.38. The minimum absolute atomic E-state index is 0.0212. The highest BCUT2D eigenvalue weighted by atomic mass is 79.9. The van der Waals surface area contributed by atoms with E-state index in [4.69, 9.17) is 11.6 Å². The Morgan fingerprint density at radius 2 is 1.89 bits per heavy atom. The topological polar surface area (TPSA) is 86.0 Å². The minimum Gasteiger partial charge on any atom is -0.321 e. The van der Waals surface area contributed by atoms with Crippen LogP contribution in [0.4, 0.5) is 5.69 Å². The lowest BCUT2D eigenvalue weighted by molar-refractivity contribution is 0.102. The lowest BCUT2D eigenvalue weighted by Gasteiger charge is -2.17. The Balaban J connectivity index is 2.31. The van der Waals surface area contributed by atoms with Crippen LogP contribution >= 0.6 is 27.5 Å². The third-order valence-corrected chi connectivity index (χ3v) is 5.35. The van der Waals surface area contributed by atoms with Crippen LogP contribution in [0.3, 0.4) is 0 Å². The molecule has 0 spiro atoms. The lowest BCUT2D eigenvalue weighted by atomic mass is 10.0. The summed E-state index contributed by atoms with van der Waals surface area (Å²) in [6.07, 6.45) is 1.57. The van der Waals surface area contributed by atoms with E-state index >= 15 is 0 Å². The number of benzene rings is 1. The van der Waals surface area contributed by atoms with Crippen LogP contribution in [0.5, 0.6) is 0 Å². The van der Waals surface area contributed by atoms with Gasteiger partial charge in [0.25, 0.3) is 11.5 Å². The van der Waals surface area contributed by atoms with Gasteiger partial charge in [-0.1, -0.05) is 41.4 Å². The Hall–Kier alpha value is -2.45. The van der Waals surface area contributed by atoms with Gasteiger partial charge in [-0.05, 0) is 29.7 Å². The van der Waals surface area contributed by atoms with Crippen molar-refractivity contribution in [2.45, 2.75) is 19.8 Å². The van der Waals surface area contributed by atoms with Gasteiger partial charge < -0.3 is 5.32 Å². The predicted molar refractivity (Wildman–Crippen MR) is 113 cm³/mol. The molecule has 0 saturated heterocycles. The van der Waals surface area contributed by atoms with E-state index in [9.17, 15) is 14.4 Å². The number of amides is 1. The number of hydrogen-bond donors (Lipinski definition) is 1. The first-order chi connectivity index (χ1) is 13.1. The smallest absolute Gasteiger partial charge is 0.321 e. The van der Waals surface area contributed by atoms with E-state index in [0.717, 1.165) is 4.57 Å². The molecular weight excluding hydrogens is 448 g/mol. The zero-order chi connectivity index (χ0) is 20.7. The average molecular weight is 466 g/mol. The predicted octanol–water partition coefficient (Wildman–Crippen LogP) is 3.42. The quantitative estimate of drug-likeness (QED) is 0.642. The Morgan fingerprint density at radius 1 is 1.21 bits per heavy atom. The summed E-state index contributed by atoms with van der Waals surface area (Å²) in [7, 11) is 2.92. The summed E-state index contributed by atoms with van der Waals surface area (Å²) in [6, 6.07) is 4.94. The highest BCUT2D eigenvalue weighted by molar-refractivity contribution is 9.10. The van der Waals surface area contributed by atoms with Crippen LogP contribution in [0.2, 0.25) is 5.02 Å². The number of carbonyl (C=O) groups is 1. The fourth-order valence-electron chi connectivity index (χ4n) is 2.97. The molecule has 28 heavy (non-hydrogen) atoms. The second-order valence-corrected chi connectivity index (χ2v) is 8.05. The monoisotopic (exact) mass is 464 g/mol. The van der Waals surface area contributed by atoms with E-state index in [0.29, 0.717) is 15.7 Å². The number of anilines is 1. The largest absolute Gasteiger partial charge is 0.332 e. The van der Waals surface area contributed by atoms with Crippen LogP contribution in [-0.2, 0) is 14.1 Å². The highest BCUT2D eigenvalue weighted by Crippen LogP contribution is 2.30. The molecule has 146 valence electrons. The second kappa shape index (κ2) is 7.52. The molecule has 1 N–H and O–H groups in total. The molecule has 0 saturated carbocycles. The van der Waals surface area contributed by atoms with Crippen molar-refractivity contribution in [2.75, 3.05) is 5.32 Å². The van der Waals surface area contributed by atoms with Crippen LogP contribution in [0, 0.1) is 0 Å². The van der Waals surface area contributed by atoms with Gasteiger partial charge in [0.15, 0.2) is 5.65 Å². The molecule has 7 nitrogen and oxygen atoms in total. The summed E-state index contributed by atoms with van der Waals surface area (Å²) in [5.41, 5.74) is 0.462. The van der Waals surface area contributed by atoms with Crippen LogP contribution < -0.4 is 16.6 Å². The van der Waals surface area contributed by atoms with Gasteiger partial charge in [-0.3, -0.25) is 18.7 Å². The molecule has 3 aromatic rings. The molecule has 0 atom stereocenters. The number of aromatic nitrogens is 3. The number of aryl methyl sites for hydroxylation is 1. The number of fused-ring (bicyclic) bond motifs is 1. The zero-order valence-electron chi connectivity index (χ0n) is 15.7. The number of rotatable bonds is 3. The van der Waals surface area contributed by atoms with Crippen molar-refractivity contribution in [1.82, 2.24) is 14.1 Å². The van der Waals surface area contributed by atoms with Crippen LogP contribution in [0.25, 0.3) is 11.0 Å². The van der Waals surface area contributed by atoms with Gasteiger partial charge in [-0.15, -0.1) is 0 Å². The van der Waals surface area contributed by atoms with E-state index in [1.165, 1.54) is 18.7 Å². The van der Waals surface area contributed by atoms with Gasteiger partial charge >= 0.3 is 5.69 Å². The Morgan fingerprint density at radius 3 is 2.54 bits per heavy atom. The summed E-state index contributed by atoms with van der Waals surface area (Å²) in [5, 5.41) is 3.28. The SMILES string of the molecule is CC(C)c1cnc2c(c1NC(=O)c1cc(Br)ccc1Cl)c(=O)n(C)c(=O)n2C. The first-order valence-electron chi connectivity index (χ1n) is 8.48. The summed E-state index contributed by atoms with van der Waals surface area (Å²) in [6.45, 7) is 3.86. The van der Waals surface area contributed by atoms with E-state index in [1.807, 2.05) is 13.8 Å². The van der Waals surface area contributed by atoms with Crippen molar-refractivity contribution in [3.05, 3.63) is 65.9 Å². The van der Waals surface area contributed by atoms with E-state index in [2.05, 4.69) is 26.2 Å². The van der Waals surface area contributed by atoms with Crippen molar-refractivity contribution in [1.29, 1.82) is 0 Å². The summed E-state index contributed by atoms with van der Waals surface area (Å²) >= 11 is 9.50. The molecule has 0 radical (unpaired) electrons. The normalized spacial score (nSPS) is 11.2. The van der Waals surface area contributed by atoms with Crippen LogP contribution in [0.15, 0.2) is 38.5 Å². The summed E-state index contributed by atoms with van der Waals surface area (Å²) < 4.78 is 2.97. The first-order valence-corrected chi connectivity index (χ1v) is 9.65. The maximum atomic E-state index is 12.9. The Kier molecular flexibility index (Phi) is 5.45. The molecule has 2 heterocycles. The fraction of sp³-hybridized carbons (Fsp3) is 0.263. The standard InChI is InChI=1S/C19H18BrClN4O3/c1-9(2)12-8-22-16-14(18(27)25(4)19(28)24(16)3)15(12)23-17(26)11-7-10(20)5-6-13(11)21/h5-9H,1-4H3,(H,22,23,26). The number of nitrogens with zero attached hydrogens (tertiary/aromatic N) is 3. The molecule has 0 aliphatic heterocycles. The summed E-state index contributed by atoms with van der Waals surface area (Å²) in [4.78, 5) is 42.3.